The van der Waals surface area contributed by atoms with Gasteiger partial charge in [0.25, 0.3) is 0 Å². The number of piperidine rings is 1. The summed E-state index contributed by atoms with van der Waals surface area (Å²) in [6, 6.07) is 3.81. The smallest absolute Gasteiger partial charge is 0.317 e. The minimum Gasteiger partial charge on any atom is -0.468 e. The molecule has 3 heterocycles. The highest BCUT2D eigenvalue weighted by Gasteiger charge is 2.26. The lowest BCUT2D eigenvalue weighted by atomic mass is 9.97. The fraction of sp³-hybridized carbons (Fsp3) is 0.625. The molecule has 2 fully saturated rings. The van der Waals surface area contributed by atoms with Gasteiger partial charge in [0.15, 0.2) is 0 Å². The number of rotatable bonds is 6. The SMILES string of the molecule is O=C(NCCN1CCNC1=O)[C@H]1CCCN(Cc2ccco2)C1. The number of urea groups is 1. The summed E-state index contributed by atoms with van der Waals surface area (Å²) in [5.74, 6) is 1.05. The van der Waals surface area contributed by atoms with Gasteiger partial charge < -0.3 is 20.0 Å². The molecule has 0 radical (unpaired) electrons. The summed E-state index contributed by atoms with van der Waals surface area (Å²) in [4.78, 5) is 27.7. The second-order valence-corrected chi connectivity index (χ2v) is 6.16. The van der Waals surface area contributed by atoms with Gasteiger partial charge in [-0.25, -0.2) is 4.79 Å². The Hall–Kier alpha value is -2.02. The van der Waals surface area contributed by atoms with Gasteiger partial charge in [0.05, 0.1) is 18.7 Å². The number of nitrogens with zero attached hydrogens (tertiary/aromatic N) is 2. The van der Waals surface area contributed by atoms with Crippen molar-refractivity contribution in [3.05, 3.63) is 24.2 Å². The number of amides is 3. The van der Waals surface area contributed by atoms with Gasteiger partial charge in [-0.3, -0.25) is 9.69 Å². The molecule has 0 unspecified atom stereocenters. The third-order valence-corrected chi connectivity index (χ3v) is 4.46. The van der Waals surface area contributed by atoms with Crippen LogP contribution < -0.4 is 10.6 Å². The topological polar surface area (TPSA) is 77.8 Å². The molecule has 1 aromatic heterocycles. The van der Waals surface area contributed by atoms with Gasteiger partial charge in [-0.1, -0.05) is 0 Å². The van der Waals surface area contributed by atoms with E-state index in [1.165, 1.54) is 0 Å². The number of carbonyl (C=O) groups excluding carboxylic acids is 2. The van der Waals surface area contributed by atoms with E-state index in [9.17, 15) is 9.59 Å². The van der Waals surface area contributed by atoms with E-state index in [0.717, 1.165) is 44.8 Å². The van der Waals surface area contributed by atoms with E-state index in [-0.39, 0.29) is 17.9 Å². The Bertz CT molecular complexity index is 531. The van der Waals surface area contributed by atoms with E-state index in [0.29, 0.717) is 19.6 Å². The standard InChI is InChI=1S/C16H24N4O3/c21-15(17-5-8-20-9-6-18-16(20)22)13-3-1-7-19(11-13)12-14-4-2-10-23-14/h2,4,10,13H,1,3,5-9,11-12H2,(H,17,21)(H,18,22)/t13-/m0/s1. The number of hydrogen-bond donors (Lipinski definition) is 2. The maximum absolute atomic E-state index is 12.3. The Kier molecular flexibility index (Phi) is 5.17. The second-order valence-electron chi connectivity index (χ2n) is 6.16. The average Bonchev–Trinajstić information content (AvgIpc) is 3.20. The fourth-order valence-corrected chi connectivity index (χ4v) is 3.22. The lowest BCUT2D eigenvalue weighted by molar-refractivity contribution is -0.126. The highest BCUT2D eigenvalue weighted by Crippen LogP contribution is 2.19. The van der Waals surface area contributed by atoms with Crippen molar-refractivity contribution < 1.29 is 14.0 Å². The van der Waals surface area contributed by atoms with Crippen molar-refractivity contribution in [3.8, 4) is 0 Å². The largest absolute Gasteiger partial charge is 0.468 e. The summed E-state index contributed by atoms with van der Waals surface area (Å²) >= 11 is 0. The molecule has 2 aliphatic rings. The van der Waals surface area contributed by atoms with E-state index in [1.54, 1.807) is 11.2 Å². The predicted octanol–water partition coefficient (Wildman–Crippen LogP) is 0.633. The van der Waals surface area contributed by atoms with Crippen LogP contribution in [0.1, 0.15) is 18.6 Å². The van der Waals surface area contributed by atoms with Gasteiger partial charge in [0.2, 0.25) is 5.91 Å². The van der Waals surface area contributed by atoms with Crippen LogP contribution in [0.4, 0.5) is 4.79 Å². The molecule has 0 spiro atoms. The molecule has 3 amide bonds. The molecule has 23 heavy (non-hydrogen) atoms. The predicted molar refractivity (Wildman–Crippen MR) is 84.7 cm³/mol. The lowest BCUT2D eigenvalue weighted by Crippen LogP contribution is -2.44. The zero-order valence-corrected chi connectivity index (χ0v) is 13.3. The van der Waals surface area contributed by atoms with Gasteiger partial charge in [-0.2, -0.15) is 0 Å². The number of nitrogens with one attached hydrogen (secondary N) is 2. The number of likely N-dealkylation sites (tertiary alicyclic amines) is 1. The Morgan fingerprint density at radius 3 is 3.09 bits per heavy atom. The minimum absolute atomic E-state index is 0.0196. The van der Waals surface area contributed by atoms with Crippen LogP contribution in [-0.4, -0.2) is 61.0 Å². The number of carbonyl (C=O) groups is 2. The van der Waals surface area contributed by atoms with Crippen molar-refractivity contribution in [1.82, 2.24) is 20.4 Å². The number of hydrogen-bond acceptors (Lipinski definition) is 4. The first-order valence-corrected chi connectivity index (χ1v) is 8.27. The molecule has 7 heteroatoms. The first-order valence-electron chi connectivity index (χ1n) is 8.27. The first-order chi connectivity index (χ1) is 11.2. The zero-order valence-electron chi connectivity index (χ0n) is 13.3. The van der Waals surface area contributed by atoms with Gasteiger partial charge in [0, 0.05) is 32.7 Å². The monoisotopic (exact) mass is 320 g/mol. The molecule has 126 valence electrons. The number of furan rings is 1. The molecule has 0 bridgehead atoms. The van der Waals surface area contributed by atoms with E-state index in [1.807, 2.05) is 12.1 Å². The van der Waals surface area contributed by atoms with Crippen molar-refractivity contribution in [3.63, 3.8) is 0 Å². The van der Waals surface area contributed by atoms with Crippen LogP contribution in [-0.2, 0) is 11.3 Å². The molecule has 0 saturated carbocycles. The van der Waals surface area contributed by atoms with Crippen molar-refractivity contribution in [2.45, 2.75) is 19.4 Å². The Labute approximate surface area is 136 Å². The van der Waals surface area contributed by atoms with E-state index in [2.05, 4.69) is 15.5 Å². The summed E-state index contributed by atoms with van der Waals surface area (Å²) in [7, 11) is 0. The van der Waals surface area contributed by atoms with Crippen molar-refractivity contribution >= 4 is 11.9 Å². The van der Waals surface area contributed by atoms with Crippen LogP contribution in [0.15, 0.2) is 22.8 Å². The van der Waals surface area contributed by atoms with Gasteiger partial charge in [-0.05, 0) is 31.5 Å². The van der Waals surface area contributed by atoms with Gasteiger partial charge in [0.1, 0.15) is 5.76 Å². The molecular formula is C16H24N4O3. The first kappa shape index (κ1) is 15.9. The summed E-state index contributed by atoms with van der Waals surface area (Å²) in [5, 5.41) is 5.73. The Balaban J connectivity index is 1.40. The van der Waals surface area contributed by atoms with Gasteiger partial charge >= 0.3 is 6.03 Å². The van der Waals surface area contributed by atoms with Crippen molar-refractivity contribution in [2.24, 2.45) is 5.92 Å². The normalized spacial score (nSPS) is 22.2. The quantitative estimate of drug-likeness (QED) is 0.806. The van der Waals surface area contributed by atoms with Crippen LogP contribution in [0.25, 0.3) is 0 Å². The molecule has 0 aliphatic carbocycles. The molecule has 2 aliphatic heterocycles. The summed E-state index contributed by atoms with van der Waals surface area (Å²) in [5.41, 5.74) is 0. The average molecular weight is 320 g/mol. The maximum atomic E-state index is 12.3. The van der Waals surface area contributed by atoms with E-state index < -0.39 is 0 Å². The van der Waals surface area contributed by atoms with E-state index in [4.69, 9.17) is 4.42 Å². The summed E-state index contributed by atoms with van der Waals surface area (Å²) in [6.07, 6.45) is 3.62. The highest BCUT2D eigenvalue weighted by atomic mass is 16.3. The second kappa shape index (κ2) is 7.50. The van der Waals surface area contributed by atoms with Crippen molar-refractivity contribution in [2.75, 3.05) is 39.3 Å². The van der Waals surface area contributed by atoms with Crippen LogP contribution in [0.3, 0.4) is 0 Å². The maximum Gasteiger partial charge on any atom is 0.317 e. The molecule has 7 nitrogen and oxygen atoms in total. The zero-order chi connectivity index (χ0) is 16.1. The molecule has 3 rings (SSSR count). The van der Waals surface area contributed by atoms with Crippen molar-refractivity contribution in [1.29, 1.82) is 0 Å². The molecule has 2 N–H and O–H groups in total. The fourth-order valence-electron chi connectivity index (χ4n) is 3.22. The molecule has 2 saturated heterocycles. The third kappa shape index (κ3) is 4.25. The molecule has 1 aromatic rings. The highest BCUT2D eigenvalue weighted by molar-refractivity contribution is 5.79. The van der Waals surface area contributed by atoms with E-state index >= 15 is 0 Å². The third-order valence-electron chi connectivity index (χ3n) is 4.46. The molecule has 0 aromatic carbocycles. The van der Waals surface area contributed by atoms with Crippen LogP contribution in [0, 0.1) is 5.92 Å². The molecular weight excluding hydrogens is 296 g/mol. The van der Waals surface area contributed by atoms with Gasteiger partial charge in [-0.15, -0.1) is 0 Å². The Morgan fingerprint density at radius 1 is 1.43 bits per heavy atom. The van der Waals surface area contributed by atoms with Crippen LogP contribution in [0.2, 0.25) is 0 Å². The summed E-state index contributed by atoms with van der Waals surface area (Å²) in [6.45, 7) is 5.01. The minimum atomic E-state index is -0.0402. The van der Waals surface area contributed by atoms with Crippen LogP contribution in [0.5, 0.6) is 0 Å². The molecule has 1 atom stereocenters. The van der Waals surface area contributed by atoms with Crippen LogP contribution >= 0.6 is 0 Å². The lowest BCUT2D eigenvalue weighted by Gasteiger charge is -2.31. The Morgan fingerprint density at radius 2 is 2.35 bits per heavy atom. The summed E-state index contributed by atoms with van der Waals surface area (Å²) < 4.78 is 5.38.